The second-order valence-electron chi connectivity index (χ2n) is 6.47. The normalized spacial score (nSPS) is 10.2. The van der Waals surface area contributed by atoms with Gasteiger partial charge in [0.2, 0.25) is 0 Å². The Morgan fingerprint density at radius 3 is 2.43 bits per heavy atom. The van der Waals surface area contributed by atoms with Crippen LogP contribution in [0.4, 0.5) is 5.82 Å². The van der Waals surface area contributed by atoms with E-state index in [0.717, 1.165) is 5.56 Å². The fourth-order valence-electron chi connectivity index (χ4n) is 3.06. The van der Waals surface area contributed by atoms with E-state index in [4.69, 9.17) is 26.8 Å². The highest BCUT2D eigenvalue weighted by Crippen LogP contribution is 2.33. The minimum Gasteiger partial charge on any atom is -0.496 e. The van der Waals surface area contributed by atoms with Crippen molar-refractivity contribution < 1.29 is 9.47 Å². The van der Waals surface area contributed by atoms with Crippen LogP contribution in [0.5, 0.6) is 11.5 Å². The second-order valence-corrected chi connectivity index (χ2v) is 6.87. The number of methoxy groups -OCH3 is 1. The van der Waals surface area contributed by atoms with E-state index in [9.17, 15) is 15.3 Å². The van der Waals surface area contributed by atoms with E-state index in [1.54, 1.807) is 30.3 Å². The molecule has 8 heteroatoms. The van der Waals surface area contributed by atoms with E-state index in [-0.39, 0.29) is 29.1 Å². The number of nitrogen functional groups attached to an aromatic ring is 1. The van der Waals surface area contributed by atoms with Crippen LogP contribution in [0.15, 0.2) is 41.2 Å². The number of halogens is 1. The summed E-state index contributed by atoms with van der Waals surface area (Å²) >= 11 is 6.23. The van der Waals surface area contributed by atoms with Gasteiger partial charge in [0.1, 0.15) is 47.2 Å². The molecule has 1 aromatic heterocycles. The van der Waals surface area contributed by atoms with Crippen molar-refractivity contribution in [1.29, 1.82) is 10.5 Å². The Morgan fingerprint density at radius 1 is 1.10 bits per heavy atom. The van der Waals surface area contributed by atoms with Crippen molar-refractivity contribution in [2.45, 2.75) is 13.5 Å². The van der Waals surface area contributed by atoms with Crippen molar-refractivity contribution in [3.05, 3.63) is 74.0 Å². The number of nitriles is 2. The Hall–Kier alpha value is -3.94. The first-order valence-corrected chi connectivity index (χ1v) is 9.19. The molecule has 0 aliphatic rings. The summed E-state index contributed by atoms with van der Waals surface area (Å²) in [6.45, 7) is 2.04. The zero-order valence-corrected chi connectivity index (χ0v) is 17.0. The minimum absolute atomic E-state index is 0.0183. The molecule has 3 N–H and O–H groups in total. The lowest BCUT2D eigenvalue weighted by atomic mass is 9.95. The number of aromatic nitrogens is 1. The Kier molecular flexibility index (Phi) is 5.96. The van der Waals surface area contributed by atoms with E-state index >= 15 is 0 Å². The van der Waals surface area contributed by atoms with Crippen LogP contribution in [0, 0.1) is 29.6 Å². The van der Waals surface area contributed by atoms with Gasteiger partial charge in [0.05, 0.1) is 12.1 Å². The summed E-state index contributed by atoms with van der Waals surface area (Å²) in [6, 6.07) is 14.3. The number of hydrogen-bond donors (Lipinski definition) is 2. The van der Waals surface area contributed by atoms with Gasteiger partial charge >= 0.3 is 0 Å². The molecular formula is C22H17ClN4O3. The van der Waals surface area contributed by atoms with Gasteiger partial charge in [-0.25, -0.2) is 0 Å². The Labute approximate surface area is 177 Å². The maximum Gasteiger partial charge on any atom is 0.268 e. The largest absolute Gasteiger partial charge is 0.496 e. The number of ether oxygens (including phenoxy) is 2. The number of H-pyrrole nitrogens is 1. The molecular weight excluding hydrogens is 404 g/mol. The quantitative estimate of drug-likeness (QED) is 0.644. The van der Waals surface area contributed by atoms with Crippen molar-refractivity contribution in [3.8, 4) is 34.8 Å². The van der Waals surface area contributed by atoms with Crippen LogP contribution < -0.4 is 20.8 Å². The number of nitrogens with zero attached hydrogens (tertiary/aromatic N) is 2. The highest BCUT2D eigenvalue weighted by molar-refractivity contribution is 6.32. The van der Waals surface area contributed by atoms with Gasteiger partial charge in [-0.1, -0.05) is 23.7 Å². The summed E-state index contributed by atoms with van der Waals surface area (Å²) in [5.41, 5.74) is 7.24. The average molecular weight is 421 g/mol. The van der Waals surface area contributed by atoms with Gasteiger partial charge in [-0.05, 0) is 42.3 Å². The van der Waals surface area contributed by atoms with Gasteiger partial charge in [-0.15, -0.1) is 0 Å². The lowest BCUT2D eigenvalue weighted by molar-refractivity contribution is 0.297. The smallest absolute Gasteiger partial charge is 0.268 e. The molecule has 2 aromatic carbocycles. The minimum atomic E-state index is -0.663. The van der Waals surface area contributed by atoms with E-state index < -0.39 is 5.56 Å². The number of aryl methyl sites for hydroxylation is 1. The highest BCUT2D eigenvalue weighted by Gasteiger charge is 2.19. The number of rotatable bonds is 5. The van der Waals surface area contributed by atoms with Crippen LogP contribution in [0.25, 0.3) is 11.1 Å². The highest BCUT2D eigenvalue weighted by atomic mass is 35.5. The standard InChI is InChI=1S/C22H17ClN4O3/c1-12-3-5-19(17(23)7-12)30-11-14-8-13(4-6-18(14)29-2)20-15(9-24)21(26)27-22(28)16(20)10-25/h3-8H,11H2,1-2H3,(H3,26,27,28). The molecule has 0 fully saturated rings. The number of nitrogens with two attached hydrogens (primary N) is 1. The Bertz CT molecular complexity index is 1270. The maximum absolute atomic E-state index is 12.2. The fourth-order valence-corrected chi connectivity index (χ4v) is 3.35. The number of anilines is 1. The molecule has 0 atom stereocenters. The number of pyridine rings is 1. The van der Waals surface area contributed by atoms with Gasteiger partial charge < -0.3 is 20.2 Å². The maximum atomic E-state index is 12.2. The molecule has 0 aliphatic carbocycles. The van der Waals surface area contributed by atoms with Gasteiger partial charge in [0, 0.05) is 11.1 Å². The van der Waals surface area contributed by atoms with Crippen LogP contribution >= 0.6 is 11.6 Å². The van der Waals surface area contributed by atoms with Crippen LogP contribution in [-0.4, -0.2) is 12.1 Å². The van der Waals surface area contributed by atoms with Crippen molar-refractivity contribution in [2.24, 2.45) is 0 Å². The fraction of sp³-hybridized carbons (Fsp3) is 0.136. The van der Waals surface area contributed by atoms with Gasteiger partial charge in [0.25, 0.3) is 5.56 Å². The first-order valence-electron chi connectivity index (χ1n) is 8.81. The average Bonchev–Trinajstić information content (AvgIpc) is 2.72. The summed E-state index contributed by atoms with van der Waals surface area (Å²) < 4.78 is 11.2. The van der Waals surface area contributed by atoms with E-state index in [1.807, 2.05) is 25.1 Å². The first-order chi connectivity index (χ1) is 14.4. The summed E-state index contributed by atoms with van der Waals surface area (Å²) in [6.07, 6.45) is 0. The zero-order valence-electron chi connectivity index (χ0n) is 16.2. The van der Waals surface area contributed by atoms with E-state index in [2.05, 4.69) is 4.98 Å². The van der Waals surface area contributed by atoms with Crippen molar-refractivity contribution in [1.82, 2.24) is 4.98 Å². The van der Waals surface area contributed by atoms with E-state index in [1.165, 1.54) is 7.11 Å². The summed E-state index contributed by atoms with van der Waals surface area (Å²) in [4.78, 5) is 14.5. The predicted molar refractivity (Wildman–Crippen MR) is 113 cm³/mol. The molecule has 0 spiro atoms. The molecule has 0 amide bonds. The molecule has 7 nitrogen and oxygen atoms in total. The lowest BCUT2D eigenvalue weighted by Crippen LogP contribution is -2.16. The Balaban J connectivity index is 2.09. The molecule has 0 radical (unpaired) electrons. The van der Waals surface area contributed by atoms with Crippen molar-refractivity contribution in [3.63, 3.8) is 0 Å². The molecule has 3 rings (SSSR count). The van der Waals surface area contributed by atoms with Crippen molar-refractivity contribution in [2.75, 3.05) is 12.8 Å². The van der Waals surface area contributed by atoms with Crippen LogP contribution in [0.1, 0.15) is 22.3 Å². The van der Waals surface area contributed by atoms with Gasteiger partial charge in [-0.3, -0.25) is 4.79 Å². The summed E-state index contributed by atoms with van der Waals surface area (Å²) in [5.74, 6) is 0.943. The summed E-state index contributed by atoms with van der Waals surface area (Å²) in [5, 5.41) is 19.5. The Morgan fingerprint density at radius 2 is 1.80 bits per heavy atom. The lowest BCUT2D eigenvalue weighted by Gasteiger charge is -2.14. The SMILES string of the molecule is COc1ccc(-c2c(C#N)c(N)[nH]c(=O)c2C#N)cc1COc1ccc(C)cc1Cl. The molecule has 1 heterocycles. The number of hydrogen-bond acceptors (Lipinski definition) is 6. The van der Waals surface area contributed by atoms with Crippen LogP contribution in [0.3, 0.4) is 0 Å². The van der Waals surface area contributed by atoms with E-state index in [0.29, 0.717) is 27.6 Å². The molecule has 0 saturated carbocycles. The van der Waals surface area contributed by atoms with Crippen LogP contribution in [-0.2, 0) is 6.61 Å². The monoisotopic (exact) mass is 420 g/mol. The van der Waals surface area contributed by atoms with Gasteiger partial charge in [0.15, 0.2) is 0 Å². The molecule has 30 heavy (non-hydrogen) atoms. The first kappa shape index (κ1) is 20.8. The third-order valence-electron chi connectivity index (χ3n) is 4.51. The third-order valence-corrected chi connectivity index (χ3v) is 4.80. The zero-order chi connectivity index (χ0) is 21.8. The molecule has 150 valence electrons. The van der Waals surface area contributed by atoms with Gasteiger partial charge in [-0.2, -0.15) is 10.5 Å². The third kappa shape index (κ3) is 3.93. The topological polar surface area (TPSA) is 125 Å². The molecule has 0 aliphatic heterocycles. The van der Waals surface area contributed by atoms with Crippen molar-refractivity contribution >= 4 is 17.4 Å². The second kappa shape index (κ2) is 8.60. The number of nitrogens with one attached hydrogen (secondary N) is 1. The number of benzene rings is 2. The summed E-state index contributed by atoms with van der Waals surface area (Å²) in [7, 11) is 1.52. The molecule has 0 unspecified atom stereocenters. The predicted octanol–water partition coefficient (Wildman–Crippen LogP) is 3.92. The van der Waals surface area contributed by atoms with Crippen LogP contribution in [0.2, 0.25) is 5.02 Å². The molecule has 3 aromatic rings. The molecule has 0 bridgehead atoms. The molecule has 0 saturated heterocycles. The number of aromatic amines is 1.